The van der Waals surface area contributed by atoms with Gasteiger partial charge >= 0.3 is 0 Å². The molecule has 110 valence electrons. The zero-order chi connectivity index (χ0) is 14.4. The van der Waals surface area contributed by atoms with E-state index in [9.17, 15) is 9.59 Å². The van der Waals surface area contributed by atoms with Crippen LogP contribution in [0.1, 0.15) is 27.2 Å². The van der Waals surface area contributed by atoms with Gasteiger partial charge in [-0.1, -0.05) is 13.8 Å². The van der Waals surface area contributed by atoms with Crippen LogP contribution in [0.5, 0.6) is 0 Å². The normalized spacial score (nSPS) is 16.8. The van der Waals surface area contributed by atoms with Gasteiger partial charge in [-0.25, -0.2) is 0 Å². The lowest BCUT2D eigenvalue weighted by Crippen LogP contribution is -2.50. The molecular weight excluding hydrogens is 242 g/mol. The first kappa shape index (κ1) is 16.0. The Morgan fingerprint density at radius 3 is 2.21 bits per heavy atom. The van der Waals surface area contributed by atoms with Gasteiger partial charge in [-0.15, -0.1) is 0 Å². The molecule has 0 spiro atoms. The second-order valence-electron chi connectivity index (χ2n) is 5.81. The van der Waals surface area contributed by atoms with E-state index in [-0.39, 0.29) is 18.4 Å². The van der Waals surface area contributed by atoms with E-state index in [1.165, 1.54) is 6.92 Å². The molecule has 1 aliphatic heterocycles. The Morgan fingerprint density at radius 2 is 1.74 bits per heavy atom. The van der Waals surface area contributed by atoms with Gasteiger partial charge in [0.25, 0.3) is 0 Å². The lowest BCUT2D eigenvalue weighted by atomic mass is 10.1. The predicted octanol–water partition coefficient (Wildman–Crippen LogP) is 0.655. The zero-order valence-electron chi connectivity index (χ0n) is 12.7. The van der Waals surface area contributed by atoms with Gasteiger partial charge in [0.15, 0.2) is 0 Å². The highest BCUT2D eigenvalue weighted by atomic mass is 16.2. The van der Waals surface area contributed by atoms with Crippen LogP contribution in [0.2, 0.25) is 0 Å². The maximum absolute atomic E-state index is 12.2. The third-order valence-electron chi connectivity index (χ3n) is 3.60. The molecule has 2 amide bonds. The molecule has 1 rings (SSSR count). The molecule has 1 aliphatic rings. The van der Waals surface area contributed by atoms with Gasteiger partial charge in [-0.3, -0.25) is 9.59 Å². The largest absolute Gasteiger partial charge is 0.339 e. The Bertz CT molecular complexity index is 310. The minimum absolute atomic E-state index is 0.0110. The number of piperazine rings is 1. The molecule has 0 aromatic rings. The fourth-order valence-electron chi connectivity index (χ4n) is 2.08. The topological polar surface area (TPSA) is 43.9 Å². The number of carbonyl (C=O) groups excluding carboxylic acids is 2. The minimum atomic E-state index is -0.0110. The van der Waals surface area contributed by atoms with Crippen LogP contribution in [0.15, 0.2) is 0 Å². The summed E-state index contributed by atoms with van der Waals surface area (Å²) in [5.74, 6) is 0.607. The molecule has 0 aromatic carbocycles. The maximum Gasteiger partial charge on any atom is 0.242 e. The van der Waals surface area contributed by atoms with E-state index >= 15 is 0 Å². The molecule has 5 heteroatoms. The summed E-state index contributed by atoms with van der Waals surface area (Å²) < 4.78 is 0. The van der Waals surface area contributed by atoms with E-state index in [1.807, 2.05) is 4.90 Å². The van der Waals surface area contributed by atoms with E-state index in [0.717, 1.165) is 32.6 Å². The lowest BCUT2D eigenvalue weighted by molar-refractivity contribution is -0.140. The van der Waals surface area contributed by atoms with Crippen molar-refractivity contribution in [2.24, 2.45) is 5.92 Å². The molecule has 0 atom stereocenters. The molecule has 0 bridgehead atoms. The first-order valence-electron chi connectivity index (χ1n) is 7.12. The number of carbonyl (C=O) groups is 2. The van der Waals surface area contributed by atoms with E-state index in [2.05, 4.69) is 25.8 Å². The number of rotatable bonds is 5. The summed E-state index contributed by atoms with van der Waals surface area (Å²) in [5.41, 5.74) is 0. The van der Waals surface area contributed by atoms with Crippen molar-refractivity contribution in [1.29, 1.82) is 0 Å². The molecule has 0 aromatic heterocycles. The Labute approximate surface area is 116 Å². The summed E-state index contributed by atoms with van der Waals surface area (Å²) in [5, 5.41) is 0. The van der Waals surface area contributed by atoms with Gasteiger partial charge in [0.05, 0.1) is 6.54 Å². The van der Waals surface area contributed by atoms with Crippen LogP contribution in [-0.4, -0.2) is 72.8 Å². The van der Waals surface area contributed by atoms with E-state index < -0.39 is 0 Å². The fourth-order valence-corrected chi connectivity index (χ4v) is 2.08. The number of likely N-dealkylation sites (N-methyl/N-ethyl adjacent to an activating group) is 1. The highest BCUT2D eigenvalue weighted by Crippen LogP contribution is 2.05. The molecule has 0 aliphatic carbocycles. The minimum Gasteiger partial charge on any atom is -0.339 e. The number of hydrogen-bond donors (Lipinski definition) is 0. The summed E-state index contributed by atoms with van der Waals surface area (Å²) in [6.45, 7) is 10.1. The molecule has 0 N–H and O–H groups in total. The van der Waals surface area contributed by atoms with Crippen molar-refractivity contribution in [3.8, 4) is 0 Å². The first-order valence-corrected chi connectivity index (χ1v) is 7.12. The van der Waals surface area contributed by atoms with E-state index in [0.29, 0.717) is 12.5 Å². The molecule has 0 saturated carbocycles. The summed E-state index contributed by atoms with van der Waals surface area (Å²) in [7, 11) is 2.06. The standard InChI is InChI=1S/C14H27N3O2/c1-12(2)5-6-17(13(3)18)11-14(19)16-9-7-15(4)8-10-16/h12H,5-11H2,1-4H3. The van der Waals surface area contributed by atoms with Crippen molar-refractivity contribution in [3.05, 3.63) is 0 Å². The maximum atomic E-state index is 12.2. The van der Waals surface area contributed by atoms with Crippen LogP contribution in [0, 0.1) is 5.92 Å². The fraction of sp³-hybridized carbons (Fsp3) is 0.857. The van der Waals surface area contributed by atoms with Gasteiger partial charge in [0, 0.05) is 39.6 Å². The van der Waals surface area contributed by atoms with Crippen molar-refractivity contribution in [2.45, 2.75) is 27.2 Å². The highest BCUT2D eigenvalue weighted by molar-refractivity contribution is 5.83. The smallest absolute Gasteiger partial charge is 0.242 e. The van der Waals surface area contributed by atoms with Crippen LogP contribution in [0.25, 0.3) is 0 Å². The molecule has 5 nitrogen and oxygen atoms in total. The van der Waals surface area contributed by atoms with E-state index in [1.54, 1.807) is 4.90 Å². The van der Waals surface area contributed by atoms with Crippen LogP contribution in [0.3, 0.4) is 0 Å². The van der Waals surface area contributed by atoms with E-state index in [4.69, 9.17) is 0 Å². The van der Waals surface area contributed by atoms with Gasteiger partial charge < -0.3 is 14.7 Å². The third-order valence-corrected chi connectivity index (χ3v) is 3.60. The van der Waals surface area contributed by atoms with Gasteiger partial charge in [-0.05, 0) is 19.4 Å². The Balaban J connectivity index is 2.44. The summed E-state index contributed by atoms with van der Waals surface area (Å²) in [6.07, 6.45) is 0.940. The Kier molecular flexibility index (Phi) is 6.28. The van der Waals surface area contributed by atoms with Crippen LogP contribution in [0.4, 0.5) is 0 Å². The van der Waals surface area contributed by atoms with Crippen LogP contribution in [-0.2, 0) is 9.59 Å². The second kappa shape index (κ2) is 7.48. The van der Waals surface area contributed by atoms with Crippen molar-refractivity contribution in [2.75, 3.05) is 46.3 Å². The predicted molar refractivity (Wildman–Crippen MR) is 75.8 cm³/mol. The lowest BCUT2D eigenvalue weighted by Gasteiger charge is -2.34. The molecule has 1 fully saturated rings. The molecule has 0 unspecified atom stereocenters. The van der Waals surface area contributed by atoms with Gasteiger partial charge in [0.2, 0.25) is 11.8 Å². The van der Waals surface area contributed by atoms with Crippen LogP contribution < -0.4 is 0 Å². The zero-order valence-corrected chi connectivity index (χ0v) is 12.7. The quantitative estimate of drug-likeness (QED) is 0.736. The SMILES string of the molecule is CC(=O)N(CCC(C)C)CC(=O)N1CCN(C)CC1. The van der Waals surface area contributed by atoms with Crippen molar-refractivity contribution < 1.29 is 9.59 Å². The average molecular weight is 269 g/mol. The molecule has 19 heavy (non-hydrogen) atoms. The summed E-state index contributed by atoms with van der Waals surface area (Å²) in [4.78, 5) is 29.5. The van der Waals surface area contributed by atoms with Gasteiger partial charge in [-0.2, -0.15) is 0 Å². The number of amides is 2. The second-order valence-corrected chi connectivity index (χ2v) is 5.81. The first-order chi connectivity index (χ1) is 8.90. The van der Waals surface area contributed by atoms with Crippen molar-refractivity contribution in [3.63, 3.8) is 0 Å². The monoisotopic (exact) mass is 269 g/mol. The van der Waals surface area contributed by atoms with Crippen molar-refractivity contribution >= 4 is 11.8 Å². The number of hydrogen-bond acceptors (Lipinski definition) is 3. The Morgan fingerprint density at radius 1 is 1.16 bits per heavy atom. The summed E-state index contributed by atoms with van der Waals surface area (Å²) in [6, 6.07) is 0. The van der Waals surface area contributed by atoms with Crippen molar-refractivity contribution in [1.82, 2.24) is 14.7 Å². The number of nitrogens with zero attached hydrogens (tertiary/aromatic N) is 3. The summed E-state index contributed by atoms with van der Waals surface area (Å²) >= 11 is 0. The average Bonchev–Trinajstić information content (AvgIpc) is 2.34. The molecule has 1 heterocycles. The molecule has 0 radical (unpaired) electrons. The molecule has 1 saturated heterocycles. The highest BCUT2D eigenvalue weighted by Gasteiger charge is 2.22. The Hall–Kier alpha value is -1.10. The van der Waals surface area contributed by atoms with Gasteiger partial charge in [0.1, 0.15) is 0 Å². The molecular formula is C14H27N3O2. The van der Waals surface area contributed by atoms with Crippen LogP contribution >= 0.6 is 0 Å². The third kappa shape index (κ3) is 5.59.